The first-order valence-corrected chi connectivity index (χ1v) is 12.8. The van der Waals surface area contributed by atoms with Gasteiger partial charge >= 0.3 is 5.97 Å². The summed E-state index contributed by atoms with van der Waals surface area (Å²) in [5, 5.41) is 43.7. The minimum Gasteiger partial charge on any atom is -0.479 e. The van der Waals surface area contributed by atoms with Crippen LogP contribution in [0.25, 0.3) is 0 Å². The largest absolute Gasteiger partial charge is 0.479 e. The average Bonchev–Trinajstić information content (AvgIpc) is 2.93. The van der Waals surface area contributed by atoms with Crippen LogP contribution in [0.5, 0.6) is 0 Å². The predicted molar refractivity (Wildman–Crippen MR) is 145 cm³/mol. The van der Waals surface area contributed by atoms with E-state index in [9.17, 15) is 44.4 Å². The second-order valence-electron chi connectivity index (χ2n) is 10.8. The lowest BCUT2D eigenvalue weighted by atomic mass is 9.64. The Morgan fingerprint density at radius 1 is 0.875 bits per heavy atom. The first-order chi connectivity index (χ1) is 19.6. The van der Waals surface area contributed by atoms with Gasteiger partial charge in [-0.2, -0.15) is 0 Å². The van der Waals surface area contributed by atoms with Gasteiger partial charge in [0, 0.05) is 18.2 Å². The summed E-state index contributed by atoms with van der Waals surface area (Å²) in [6, 6.07) is -1.36. The number of rotatable bonds is 16. The number of aliphatic carboxylic acids is 1. The smallest absolute Gasteiger partial charge is 0.343 e. The molecule has 0 bridgehead atoms. The third kappa shape index (κ3) is 6.59. The van der Waals surface area contributed by atoms with Gasteiger partial charge in [0.05, 0.1) is 6.04 Å². The molecule has 2 amide bonds. The van der Waals surface area contributed by atoms with E-state index in [1.807, 2.05) is 0 Å². The molecule has 5 N–H and O–H groups in total. The lowest BCUT2D eigenvalue weighted by Gasteiger charge is -2.51. The van der Waals surface area contributed by atoms with E-state index in [-0.39, 0.29) is 23.7 Å². The molecule has 13 nitrogen and oxygen atoms in total. The van der Waals surface area contributed by atoms with E-state index in [2.05, 4.69) is 5.32 Å². The second-order valence-corrected chi connectivity index (χ2v) is 10.8. The molecule has 0 aromatic heterocycles. The fourth-order valence-electron chi connectivity index (χ4n) is 4.50. The second kappa shape index (κ2) is 13.7. The summed E-state index contributed by atoms with van der Waals surface area (Å²) in [6.45, 7) is 9.49. The van der Waals surface area contributed by atoms with E-state index in [4.69, 9.17) is 4.11 Å². The predicted octanol–water partition coefficient (Wildman–Crippen LogP) is -0.615. The Kier molecular flexibility index (Phi) is 10.9. The maximum absolute atomic E-state index is 15.2. The van der Waals surface area contributed by atoms with Gasteiger partial charge in [-0.3, -0.25) is 24.0 Å². The Balaban J connectivity index is 8.48. The Bertz CT molecular complexity index is 1060. The molecule has 0 unspecified atom stereocenters. The molecule has 0 saturated carbocycles. The first kappa shape index (κ1) is 31.8. The molecular weight excluding hydrogens is 526 g/mol. The zero-order valence-electron chi connectivity index (χ0n) is 27.6. The molecule has 0 rings (SSSR count). The summed E-state index contributed by atoms with van der Waals surface area (Å²) in [4.78, 5) is 83.2. The SMILES string of the molecule is [2H]CN[C@@H](CC(C)C)C(=O)[C@](C)(C(=O)[C@@](C(=O)[C@@](C)(O)C(=O)O)([C@@H](C)CC)N(C[2H])C(=O)[C@@H](C)O)N(C[2H])C(=O)[C@H](C)O. The Labute approximate surface area is 240 Å². The maximum atomic E-state index is 15.2. The minimum absolute atomic E-state index is 0.0127. The highest BCUT2D eigenvalue weighted by atomic mass is 16.4. The normalized spacial score (nSPS) is 20.1. The number of Topliss-reactive ketones (excluding diaryl/α,β-unsaturated/α-hetero) is 3. The van der Waals surface area contributed by atoms with Crippen LogP contribution in [0.15, 0.2) is 0 Å². The van der Waals surface area contributed by atoms with Crippen molar-refractivity contribution in [2.75, 3.05) is 21.1 Å². The molecule has 40 heavy (non-hydrogen) atoms. The summed E-state index contributed by atoms with van der Waals surface area (Å²) in [5.74, 6) is -11.1. The number of hydrogen-bond acceptors (Lipinski definition) is 10. The lowest BCUT2D eigenvalue weighted by molar-refractivity contribution is -0.180. The van der Waals surface area contributed by atoms with Crippen LogP contribution in [0.3, 0.4) is 0 Å². The minimum atomic E-state index is -3.40. The quantitative estimate of drug-likeness (QED) is 0.147. The summed E-state index contributed by atoms with van der Waals surface area (Å²) < 4.78 is 23.9. The number of aliphatic hydroxyl groups is 3. The molecule has 7 atom stereocenters. The Hall–Kier alpha value is -2.74. The van der Waals surface area contributed by atoms with Crippen LogP contribution >= 0.6 is 0 Å². The van der Waals surface area contributed by atoms with Gasteiger partial charge in [0.25, 0.3) is 11.8 Å². The van der Waals surface area contributed by atoms with Gasteiger partial charge < -0.3 is 35.5 Å². The van der Waals surface area contributed by atoms with Crippen LogP contribution in [-0.2, 0) is 28.8 Å². The average molecular weight is 577 g/mol. The molecular formula is C27H47N3O10. The number of nitrogens with one attached hydrogen (secondary N) is 1. The highest BCUT2D eigenvalue weighted by Crippen LogP contribution is 2.39. The van der Waals surface area contributed by atoms with E-state index in [1.54, 1.807) is 13.8 Å². The number of carboxylic acids is 1. The standard InChI is InChI=1S/C27H47N3O10/c1-12-15(4)27(30(11)21(35)17(6)32,23(37)26(8,40)24(38)39)22(36)25(7,29(10)20(34)16(5)31)19(33)18(28-9)13-14(2)3/h14-18,28,31-32,40H,12-13H2,1-11H3,(H,38,39)/t15-,16-,17+,18-,25+,26+,27+/m0/s1/i9D,10D,11D. The summed E-state index contributed by atoms with van der Waals surface area (Å²) in [6.07, 6.45) is -4.02. The molecule has 0 spiro atoms. The number of nitrogens with zero attached hydrogens (tertiary/aromatic N) is 2. The fraction of sp³-hybridized carbons (Fsp3) is 0.778. The number of hydrogen-bond donors (Lipinski definition) is 5. The molecule has 0 saturated heterocycles. The number of amides is 2. The van der Waals surface area contributed by atoms with Crippen molar-refractivity contribution < 1.29 is 53.3 Å². The van der Waals surface area contributed by atoms with Crippen LogP contribution in [0.1, 0.15) is 72.3 Å². The van der Waals surface area contributed by atoms with Crippen molar-refractivity contribution in [1.29, 1.82) is 0 Å². The number of carbonyl (C=O) groups is 6. The number of carboxylic acid groups (broad SMARTS) is 1. The molecule has 0 aromatic carbocycles. The monoisotopic (exact) mass is 576 g/mol. The third-order valence-corrected chi connectivity index (χ3v) is 7.28. The lowest BCUT2D eigenvalue weighted by Crippen LogP contribution is -2.78. The summed E-state index contributed by atoms with van der Waals surface area (Å²) in [7, 11) is -2.92. The zero-order valence-corrected chi connectivity index (χ0v) is 24.6. The maximum Gasteiger partial charge on any atom is 0.343 e. The molecule has 0 aliphatic carbocycles. The van der Waals surface area contributed by atoms with Crippen molar-refractivity contribution in [3.63, 3.8) is 0 Å². The molecule has 0 fully saturated rings. The molecule has 230 valence electrons. The van der Waals surface area contributed by atoms with Crippen molar-refractivity contribution in [1.82, 2.24) is 15.1 Å². The van der Waals surface area contributed by atoms with Gasteiger partial charge in [0.2, 0.25) is 11.4 Å². The highest BCUT2D eigenvalue weighted by molar-refractivity contribution is 6.30. The van der Waals surface area contributed by atoms with E-state index < -0.39 is 97.1 Å². The van der Waals surface area contributed by atoms with Crippen molar-refractivity contribution in [3.05, 3.63) is 0 Å². The van der Waals surface area contributed by atoms with Crippen LogP contribution < -0.4 is 5.32 Å². The zero-order chi connectivity index (χ0) is 34.2. The number of carbonyl (C=O) groups excluding carboxylic acids is 5. The molecule has 0 aliphatic rings. The Morgan fingerprint density at radius 3 is 1.70 bits per heavy atom. The number of likely N-dealkylation sites (N-methyl/N-ethyl adjacent to an activating group) is 3. The van der Waals surface area contributed by atoms with Crippen LogP contribution in [0, 0.1) is 11.8 Å². The molecule has 0 heterocycles. The topological polar surface area (TPSA) is 202 Å². The molecule has 0 radical (unpaired) electrons. The van der Waals surface area contributed by atoms with Crippen LogP contribution in [-0.4, -0.2) is 121 Å². The summed E-state index contributed by atoms with van der Waals surface area (Å²) in [5.41, 5.74) is -9.49. The van der Waals surface area contributed by atoms with Crippen molar-refractivity contribution >= 4 is 35.1 Å². The van der Waals surface area contributed by atoms with Crippen molar-refractivity contribution in [2.45, 2.75) is 103 Å². The van der Waals surface area contributed by atoms with Gasteiger partial charge in [-0.1, -0.05) is 34.1 Å². The molecule has 0 aromatic rings. The molecule has 13 heteroatoms. The molecule has 0 aliphatic heterocycles. The van der Waals surface area contributed by atoms with Gasteiger partial charge in [0.1, 0.15) is 12.2 Å². The fourth-order valence-corrected chi connectivity index (χ4v) is 4.50. The number of aliphatic hydroxyl groups excluding tert-OH is 2. The highest BCUT2D eigenvalue weighted by Gasteiger charge is 2.67. The van der Waals surface area contributed by atoms with Crippen LogP contribution in [0.4, 0.5) is 0 Å². The van der Waals surface area contributed by atoms with Gasteiger partial charge in [0.15, 0.2) is 22.6 Å². The van der Waals surface area contributed by atoms with E-state index in [1.165, 1.54) is 13.8 Å². The van der Waals surface area contributed by atoms with E-state index in [0.717, 1.165) is 20.8 Å². The van der Waals surface area contributed by atoms with E-state index >= 15 is 4.79 Å². The van der Waals surface area contributed by atoms with E-state index in [0.29, 0.717) is 11.8 Å². The first-order valence-electron chi connectivity index (χ1n) is 15.0. The van der Waals surface area contributed by atoms with Gasteiger partial charge in [-0.05, 0) is 53.0 Å². The van der Waals surface area contributed by atoms with Crippen LogP contribution in [0.2, 0.25) is 0 Å². The van der Waals surface area contributed by atoms with Crippen molar-refractivity contribution in [3.8, 4) is 0 Å². The van der Waals surface area contributed by atoms with Gasteiger partial charge in [-0.25, -0.2) is 4.79 Å². The van der Waals surface area contributed by atoms with Gasteiger partial charge in [-0.15, -0.1) is 0 Å². The Morgan fingerprint density at radius 2 is 1.35 bits per heavy atom. The van der Waals surface area contributed by atoms with Crippen molar-refractivity contribution in [2.24, 2.45) is 11.8 Å². The third-order valence-electron chi connectivity index (χ3n) is 7.28. The summed E-state index contributed by atoms with van der Waals surface area (Å²) >= 11 is 0. The number of ketones is 3.